The van der Waals surface area contributed by atoms with Crippen molar-refractivity contribution in [1.82, 2.24) is 20.6 Å². The number of aromatic nitrogens is 2. The fourth-order valence-electron chi connectivity index (χ4n) is 1.87. The fourth-order valence-corrected chi connectivity index (χ4v) is 2.74. The van der Waals surface area contributed by atoms with Gasteiger partial charge in [0.1, 0.15) is 5.01 Å². The Kier molecular flexibility index (Phi) is 7.74. The highest BCUT2D eigenvalue weighted by Crippen LogP contribution is 2.15. The van der Waals surface area contributed by atoms with Gasteiger partial charge in [0.2, 0.25) is 0 Å². The van der Waals surface area contributed by atoms with Crippen LogP contribution in [0.4, 0.5) is 0 Å². The van der Waals surface area contributed by atoms with Crippen LogP contribution >= 0.6 is 35.3 Å². The smallest absolute Gasteiger partial charge is 0.191 e. The van der Waals surface area contributed by atoms with Crippen molar-refractivity contribution in [3.8, 4) is 0 Å². The average molecular weight is 431 g/mol. The van der Waals surface area contributed by atoms with E-state index in [2.05, 4.69) is 32.5 Å². The van der Waals surface area contributed by atoms with E-state index in [9.17, 15) is 0 Å². The van der Waals surface area contributed by atoms with Crippen molar-refractivity contribution in [3.05, 3.63) is 45.2 Å². The van der Waals surface area contributed by atoms with Crippen molar-refractivity contribution in [2.45, 2.75) is 33.9 Å². The number of hydrogen-bond donors (Lipinski definition) is 2. The third kappa shape index (κ3) is 5.53. The van der Waals surface area contributed by atoms with Gasteiger partial charge in [0.25, 0.3) is 0 Å². The zero-order chi connectivity index (χ0) is 15.2. The molecule has 2 rings (SSSR count). The molecule has 7 heteroatoms. The lowest BCUT2D eigenvalue weighted by atomic mass is 10.3. The molecule has 22 heavy (non-hydrogen) atoms. The molecule has 0 saturated carbocycles. The Morgan fingerprint density at radius 2 is 1.86 bits per heavy atom. The predicted molar refractivity (Wildman–Crippen MR) is 103 cm³/mol. The fraction of sp³-hybridized carbons (Fsp3) is 0.400. The molecule has 0 bridgehead atoms. The van der Waals surface area contributed by atoms with E-state index in [0.717, 1.165) is 28.0 Å². The third-order valence-corrected chi connectivity index (χ3v) is 4.16. The van der Waals surface area contributed by atoms with E-state index >= 15 is 0 Å². The minimum atomic E-state index is 0. The molecular formula is C15H22IN5S. The Labute approximate surface area is 152 Å². The molecule has 2 aromatic heterocycles. The summed E-state index contributed by atoms with van der Waals surface area (Å²) in [6.07, 6.45) is 0. The number of thiazole rings is 1. The van der Waals surface area contributed by atoms with Crippen LogP contribution in [0.3, 0.4) is 0 Å². The summed E-state index contributed by atoms with van der Waals surface area (Å²) in [5.41, 5.74) is 3.12. The zero-order valence-electron chi connectivity index (χ0n) is 13.3. The van der Waals surface area contributed by atoms with Crippen LogP contribution in [0.1, 0.15) is 27.0 Å². The number of guanidine groups is 1. The lowest BCUT2D eigenvalue weighted by Gasteiger charge is -2.10. The molecule has 0 atom stereocenters. The molecule has 0 aliphatic rings. The topological polar surface area (TPSA) is 62.2 Å². The van der Waals surface area contributed by atoms with Crippen LogP contribution in [0.5, 0.6) is 0 Å². The Morgan fingerprint density at radius 3 is 2.45 bits per heavy atom. The van der Waals surface area contributed by atoms with Gasteiger partial charge >= 0.3 is 0 Å². The maximum atomic E-state index is 4.51. The van der Waals surface area contributed by atoms with Crippen molar-refractivity contribution >= 4 is 41.3 Å². The summed E-state index contributed by atoms with van der Waals surface area (Å²) in [5.74, 6) is 0.754. The molecule has 0 aromatic carbocycles. The molecule has 0 aliphatic heterocycles. The maximum Gasteiger partial charge on any atom is 0.191 e. The number of aryl methyl sites for hydroxylation is 3. The molecule has 2 aromatic rings. The van der Waals surface area contributed by atoms with Crippen molar-refractivity contribution in [2.24, 2.45) is 4.99 Å². The molecule has 0 aliphatic carbocycles. The van der Waals surface area contributed by atoms with Crippen LogP contribution in [0.25, 0.3) is 0 Å². The van der Waals surface area contributed by atoms with Crippen LogP contribution < -0.4 is 10.6 Å². The Morgan fingerprint density at radius 1 is 1.14 bits per heavy atom. The van der Waals surface area contributed by atoms with Crippen LogP contribution in [0.2, 0.25) is 0 Å². The van der Waals surface area contributed by atoms with Gasteiger partial charge in [0, 0.05) is 17.6 Å². The van der Waals surface area contributed by atoms with Crippen LogP contribution in [-0.2, 0) is 13.1 Å². The van der Waals surface area contributed by atoms with Gasteiger partial charge in [0.05, 0.1) is 24.5 Å². The second kappa shape index (κ2) is 9.04. The van der Waals surface area contributed by atoms with Crippen molar-refractivity contribution in [1.29, 1.82) is 0 Å². The Hall–Kier alpha value is -1.22. The van der Waals surface area contributed by atoms with E-state index in [1.807, 2.05) is 32.0 Å². The Bertz CT molecular complexity index is 619. The predicted octanol–water partition coefficient (Wildman–Crippen LogP) is 2.95. The molecule has 0 unspecified atom stereocenters. The number of nitrogens with one attached hydrogen (secondary N) is 2. The van der Waals surface area contributed by atoms with E-state index < -0.39 is 0 Å². The lowest BCUT2D eigenvalue weighted by Crippen LogP contribution is -2.36. The normalized spacial score (nSPS) is 11.0. The van der Waals surface area contributed by atoms with E-state index in [1.54, 1.807) is 18.4 Å². The van der Waals surface area contributed by atoms with E-state index in [0.29, 0.717) is 13.1 Å². The van der Waals surface area contributed by atoms with Gasteiger partial charge in [-0.05, 0) is 32.9 Å². The number of nitrogens with zero attached hydrogens (tertiary/aromatic N) is 3. The van der Waals surface area contributed by atoms with Gasteiger partial charge in [-0.2, -0.15) is 0 Å². The van der Waals surface area contributed by atoms with E-state index in [1.165, 1.54) is 4.88 Å². The molecule has 5 nitrogen and oxygen atoms in total. The van der Waals surface area contributed by atoms with E-state index in [-0.39, 0.29) is 24.0 Å². The summed E-state index contributed by atoms with van der Waals surface area (Å²) in [5, 5.41) is 7.60. The highest BCUT2D eigenvalue weighted by molar-refractivity contribution is 14.0. The summed E-state index contributed by atoms with van der Waals surface area (Å²) < 4.78 is 0. The van der Waals surface area contributed by atoms with Gasteiger partial charge < -0.3 is 10.6 Å². The highest BCUT2D eigenvalue weighted by Gasteiger charge is 2.05. The molecule has 0 spiro atoms. The van der Waals surface area contributed by atoms with Crippen LogP contribution in [0.15, 0.2) is 23.2 Å². The molecule has 0 saturated heterocycles. The molecular weight excluding hydrogens is 409 g/mol. The quantitative estimate of drug-likeness (QED) is 0.444. The molecule has 2 N–H and O–H groups in total. The summed E-state index contributed by atoms with van der Waals surface area (Å²) in [6.45, 7) is 7.44. The first kappa shape index (κ1) is 18.8. The van der Waals surface area contributed by atoms with Crippen LogP contribution in [-0.4, -0.2) is 23.0 Å². The van der Waals surface area contributed by atoms with Gasteiger partial charge in [-0.3, -0.25) is 9.98 Å². The van der Waals surface area contributed by atoms with Crippen molar-refractivity contribution < 1.29 is 0 Å². The molecule has 2 heterocycles. The second-order valence-electron chi connectivity index (χ2n) is 4.80. The first-order valence-corrected chi connectivity index (χ1v) is 7.70. The monoisotopic (exact) mass is 431 g/mol. The third-order valence-electron chi connectivity index (χ3n) is 3.09. The van der Waals surface area contributed by atoms with Crippen molar-refractivity contribution in [3.63, 3.8) is 0 Å². The van der Waals surface area contributed by atoms with Gasteiger partial charge in [0.15, 0.2) is 5.96 Å². The molecule has 0 fully saturated rings. The Balaban J connectivity index is 0.00000242. The lowest BCUT2D eigenvalue weighted by molar-refractivity contribution is 0.787. The summed E-state index contributed by atoms with van der Waals surface area (Å²) in [7, 11) is 1.76. The standard InChI is InChI=1S/C15H21N5S.HI/c1-10-6-5-7-13(19-10)8-17-15(16-4)18-9-14-20-11(2)12(3)21-14;/h5-7H,8-9H2,1-4H3,(H2,16,17,18);1H. The maximum absolute atomic E-state index is 4.51. The minimum Gasteiger partial charge on any atom is -0.351 e. The summed E-state index contributed by atoms with van der Waals surface area (Å²) in [4.78, 5) is 14.4. The average Bonchev–Trinajstić information content (AvgIpc) is 2.78. The van der Waals surface area contributed by atoms with Gasteiger partial charge in [-0.25, -0.2) is 4.98 Å². The van der Waals surface area contributed by atoms with Crippen molar-refractivity contribution in [2.75, 3.05) is 7.05 Å². The summed E-state index contributed by atoms with van der Waals surface area (Å²) >= 11 is 1.71. The highest BCUT2D eigenvalue weighted by atomic mass is 127. The van der Waals surface area contributed by atoms with E-state index in [4.69, 9.17) is 0 Å². The first-order valence-electron chi connectivity index (χ1n) is 6.88. The minimum absolute atomic E-state index is 0. The summed E-state index contributed by atoms with van der Waals surface area (Å²) in [6, 6.07) is 6.00. The largest absolute Gasteiger partial charge is 0.351 e. The molecule has 120 valence electrons. The number of pyridine rings is 1. The zero-order valence-corrected chi connectivity index (χ0v) is 16.5. The number of aliphatic imine (C=N–C) groups is 1. The molecule has 0 radical (unpaired) electrons. The number of rotatable bonds is 4. The SMILES string of the molecule is CN=C(NCc1cccc(C)n1)NCc1nc(C)c(C)s1.I. The number of halogens is 1. The number of hydrogen-bond acceptors (Lipinski definition) is 4. The van der Waals surface area contributed by atoms with Gasteiger partial charge in [-0.1, -0.05) is 6.07 Å². The second-order valence-corrected chi connectivity index (χ2v) is 6.09. The van der Waals surface area contributed by atoms with Crippen LogP contribution in [0, 0.1) is 20.8 Å². The molecule has 0 amide bonds. The first-order chi connectivity index (χ1) is 10.1. The van der Waals surface area contributed by atoms with Gasteiger partial charge in [-0.15, -0.1) is 35.3 Å².